The summed E-state index contributed by atoms with van der Waals surface area (Å²) in [6.45, 7) is 4.72. The van der Waals surface area contributed by atoms with Crippen molar-refractivity contribution in [3.8, 4) is 5.75 Å². The van der Waals surface area contributed by atoms with Gasteiger partial charge in [-0.3, -0.25) is 4.99 Å². The molecule has 4 nitrogen and oxygen atoms in total. The van der Waals surface area contributed by atoms with Crippen LogP contribution in [-0.4, -0.2) is 22.0 Å². The van der Waals surface area contributed by atoms with Gasteiger partial charge in [-0.15, -0.1) is 0 Å². The molecule has 2 unspecified atom stereocenters. The standard InChI is InChI=1S/C24H27BrClN3O/c1-16-17(2)24(29-20-9-3-6-18(12-20)8-5-11-25)28-15-22(26)23(16)27-14-19-7-4-10-21(30)13-19/h3-4,6-7,9-10,12-13,15-17,30H,5,8,11,14H2,1-2H3,(H,28,29). The molecule has 30 heavy (non-hydrogen) atoms. The second-order valence-electron chi connectivity index (χ2n) is 7.56. The number of anilines is 1. The van der Waals surface area contributed by atoms with Gasteiger partial charge in [0.05, 0.1) is 17.3 Å². The number of amidine groups is 1. The summed E-state index contributed by atoms with van der Waals surface area (Å²) in [5.74, 6) is 1.33. The summed E-state index contributed by atoms with van der Waals surface area (Å²) in [6.07, 6.45) is 3.83. The van der Waals surface area contributed by atoms with E-state index in [2.05, 4.69) is 64.4 Å². The molecule has 2 aromatic rings. The number of rotatable bonds is 6. The van der Waals surface area contributed by atoms with Gasteiger partial charge in [0.2, 0.25) is 0 Å². The molecule has 1 aliphatic rings. The molecule has 0 saturated heterocycles. The number of aromatic hydroxyl groups is 1. The van der Waals surface area contributed by atoms with E-state index in [1.54, 1.807) is 18.3 Å². The monoisotopic (exact) mass is 487 g/mol. The quantitative estimate of drug-likeness (QED) is 0.454. The summed E-state index contributed by atoms with van der Waals surface area (Å²) in [5, 5.41) is 14.7. The van der Waals surface area contributed by atoms with Crippen molar-refractivity contribution in [2.75, 3.05) is 10.6 Å². The van der Waals surface area contributed by atoms with Crippen molar-refractivity contribution >= 4 is 44.8 Å². The molecule has 0 amide bonds. The van der Waals surface area contributed by atoms with Crippen LogP contribution in [0, 0.1) is 11.8 Å². The lowest BCUT2D eigenvalue weighted by Crippen LogP contribution is -2.29. The Balaban J connectivity index is 1.75. The molecule has 0 bridgehead atoms. The van der Waals surface area contributed by atoms with Crippen molar-refractivity contribution in [3.05, 3.63) is 70.9 Å². The summed E-state index contributed by atoms with van der Waals surface area (Å²) in [5.41, 5.74) is 4.11. The fourth-order valence-corrected chi connectivity index (χ4v) is 3.98. The lowest BCUT2D eigenvalue weighted by Gasteiger charge is -2.22. The van der Waals surface area contributed by atoms with E-state index in [9.17, 15) is 5.11 Å². The first kappa shape index (κ1) is 22.6. The van der Waals surface area contributed by atoms with Crippen LogP contribution in [0.1, 0.15) is 31.4 Å². The average molecular weight is 489 g/mol. The maximum absolute atomic E-state index is 9.67. The minimum absolute atomic E-state index is 0.0939. The average Bonchev–Trinajstić information content (AvgIpc) is 2.83. The number of nitrogens with one attached hydrogen (secondary N) is 1. The van der Waals surface area contributed by atoms with Crippen molar-refractivity contribution in [2.24, 2.45) is 21.8 Å². The highest BCUT2D eigenvalue weighted by molar-refractivity contribution is 9.09. The van der Waals surface area contributed by atoms with Crippen molar-refractivity contribution in [2.45, 2.75) is 33.2 Å². The number of allylic oxidation sites excluding steroid dienone is 1. The highest BCUT2D eigenvalue weighted by Gasteiger charge is 2.27. The normalized spacial score (nSPS) is 20.5. The van der Waals surface area contributed by atoms with Crippen LogP contribution in [0.15, 0.2) is 69.7 Å². The van der Waals surface area contributed by atoms with Crippen LogP contribution < -0.4 is 5.32 Å². The van der Waals surface area contributed by atoms with E-state index in [0.29, 0.717) is 11.6 Å². The number of phenols is 1. The van der Waals surface area contributed by atoms with Gasteiger partial charge >= 0.3 is 0 Å². The Hall–Kier alpha value is -2.11. The summed E-state index contributed by atoms with van der Waals surface area (Å²) in [4.78, 5) is 9.38. The number of nitrogens with zero attached hydrogens (tertiary/aromatic N) is 2. The molecule has 158 valence electrons. The van der Waals surface area contributed by atoms with Gasteiger partial charge in [-0.25, -0.2) is 4.99 Å². The molecular formula is C24H27BrClN3O. The Morgan fingerprint density at radius 2 is 1.87 bits per heavy atom. The van der Waals surface area contributed by atoms with Crippen LogP contribution in [0.3, 0.4) is 0 Å². The fourth-order valence-electron chi connectivity index (χ4n) is 3.42. The van der Waals surface area contributed by atoms with Crippen molar-refractivity contribution in [1.29, 1.82) is 0 Å². The molecule has 0 saturated carbocycles. The Morgan fingerprint density at radius 1 is 1.10 bits per heavy atom. The number of hydrogen-bond donors (Lipinski definition) is 2. The minimum Gasteiger partial charge on any atom is -0.508 e. The molecule has 2 atom stereocenters. The smallest absolute Gasteiger partial charge is 0.115 e. The number of hydrogen-bond acceptors (Lipinski definition) is 4. The second-order valence-corrected chi connectivity index (χ2v) is 8.76. The van der Waals surface area contributed by atoms with E-state index in [0.717, 1.165) is 41.0 Å². The lowest BCUT2D eigenvalue weighted by atomic mass is 9.90. The summed E-state index contributed by atoms with van der Waals surface area (Å²) in [7, 11) is 0. The molecule has 1 heterocycles. The van der Waals surface area contributed by atoms with E-state index in [-0.39, 0.29) is 17.6 Å². The van der Waals surface area contributed by atoms with Gasteiger partial charge < -0.3 is 10.4 Å². The van der Waals surface area contributed by atoms with Gasteiger partial charge in [0.1, 0.15) is 11.6 Å². The molecule has 0 aromatic heterocycles. The van der Waals surface area contributed by atoms with Crippen LogP contribution in [0.5, 0.6) is 5.75 Å². The van der Waals surface area contributed by atoms with Crippen molar-refractivity contribution in [3.63, 3.8) is 0 Å². The molecule has 1 aliphatic heterocycles. The molecule has 0 spiro atoms. The first-order valence-electron chi connectivity index (χ1n) is 10.2. The number of halogens is 2. The first-order valence-corrected chi connectivity index (χ1v) is 11.7. The third-order valence-corrected chi connectivity index (χ3v) is 6.17. The van der Waals surface area contributed by atoms with E-state index >= 15 is 0 Å². The molecule has 2 aromatic carbocycles. The topological polar surface area (TPSA) is 57.0 Å². The number of aryl methyl sites for hydroxylation is 1. The third kappa shape index (κ3) is 5.96. The fraction of sp³-hybridized carbons (Fsp3) is 0.333. The van der Waals surface area contributed by atoms with Gasteiger partial charge in [-0.2, -0.15) is 0 Å². The third-order valence-electron chi connectivity index (χ3n) is 5.32. The molecule has 0 radical (unpaired) electrons. The van der Waals surface area contributed by atoms with Crippen LogP contribution in [0.4, 0.5) is 5.69 Å². The first-order chi connectivity index (χ1) is 14.5. The number of alkyl halides is 1. The molecule has 3 rings (SSSR count). The van der Waals surface area contributed by atoms with Crippen LogP contribution in [0.25, 0.3) is 0 Å². The molecule has 6 heteroatoms. The zero-order chi connectivity index (χ0) is 21.5. The van der Waals surface area contributed by atoms with Gasteiger partial charge in [-0.05, 0) is 48.2 Å². The Bertz CT molecular complexity index is 970. The molecule has 2 N–H and O–H groups in total. The highest BCUT2D eigenvalue weighted by Crippen LogP contribution is 2.27. The van der Waals surface area contributed by atoms with Crippen LogP contribution in [-0.2, 0) is 13.0 Å². The lowest BCUT2D eigenvalue weighted by molar-refractivity contribution is 0.474. The van der Waals surface area contributed by atoms with Crippen molar-refractivity contribution < 1.29 is 5.11 Å². The summed E-state index contributed by atoms with van der Waals surface area (Å²) in [6, 6.07) is 15.6. The van der Waals surface area contributed by atoms with E-state index in [4.69, 9.17) is 16.6 Å². The number of aliphatic imine (C=N–C) groups is 2. The number of phenolic OH excluding ortho intramolecular Hbond substituents is 1. The summed E-state index contributed by atoms with van der Waals surface area (Å²) < 4.78 is 0. The van der Waals surface area contributed by atoms with E-state index in [1.165, 1.54) is 5.56 Å². The number of benzene rings is 2. The second kappa shape index (κ2) is 10.8. The molecule has 0 aliphatic carbocycles. The minimum atomic E-state index is 0.0939. The Labute approximate surface area is 191 Å². The zero-order valence-electron chi connectivity index (χ0n) is 17.3. The van der Waals surface area contributed by atoms with Gasteiger partial charge in [-0.1, -0.05) is 65.6 Å². The molecular weight excluding hydrogens is 462 g/mol. The van der Waals surface area contributed by atoms with Gasteiger partial charge in [0.15, 0.2) is 0 Å². The zero-order valence-corrected chi connectivity index (χ0v) is 19.6. The summed E-state index contributed by atoms with van der Waals surface area (Å²) >= 11 is 10.0. The predicted molar refractivity (Wildman–Crippen MR) is 131 cm³/mol. The predicted octanol–water partition coefficient (Wildman–Crippen LogP) is 6.54. The van der Waals surface area contributed by atoms with Gasteiger partial charge in [0.25, 0.3) is 0 Å². The van der Waals surface area contributed by atoms with E-state index < -0.39 is 0 Å². The van der Waals surface area contributed by atoms with Crippen LogP contribution in [0.2, 0.25) is 0 Å². The van der Waals surface area contributed by atoms with Crippen LogP contribution >= 0.6 is 27.5 Å². The molecule has 0 fully saturated rings. The van der Waals surface area contributed by atoms with Gasteiger partial charge in [0, 0.05) is 29.1 Å². The van der Waals surface area contributed by atoms with E-state index in [1.807, 2.05) is 12.1 Å². The maximum Gasteiger partial charge on any atom is 0.115 e. The highest BCUT2D eigenvalue weighted by atomic mass is 79.9. The SMILES string of the molecule is CC1C(Nc2cccc(CCCBr)c2)=NC=C(Cl)C(=NCc2cccc(O)c2)C1C. The Morgan fingerprint density at radius 3 is 2.63 bits per heavy atom. The Kier molecular flexibility index (Phi) is 8.11. The maximum atomic E-state index is 9.67. The van der Waals surface area contributed by atoms with Crippen molar-refractivity contribution in [1.82, 2.24) is 0 Å². The largest absolute Gasteiger partial charge is 0.508 e.